The normalized spacial score (nSPS) is 32.8. The molecule has 4 N–H and O–H groups in total. The van der Waals surface area contributed by atoms with E-state index in [0.29, 0.717) is 0 Å². The predicted octanol–water partition coefficient (Wildman–Crippen LogP) is -1.44. The average Bonchev–Trinajstić information content (AvgIpc) is 2.28. The van der Waals surface area contributed by atoms with Crippen LogP contribution in [0.15, 0.2) is 0 Å². The molecule has 1 heterocycles. The van der Waals surface area contributed by atoms with E-state index < -0.39 is 36.4 Å². The minimum Gasteiger partial charge on any atom is -0.759 e. The number of hydrogen-bond donors (Lipinski definition) is 4. The van der Waals surface area contributed by atoms with Crippen LogP contribution in [0.25, 0.3) is 0 Å². The van der Waals surface area contributed by atoms with E-state index in [9.17, 15) is 15.0 Å². The van der Waals surface area contributed by atoms with Gasteiger partial charge in [0, 0.05) is 26.9 Å². The van der Waals surface area contributed by atoms with Crippen LogP contribution in [0.2, 0.25) is 0 Å². The summed E-state index contributed by atoms with van der Waals surface area (Å²) in [5, 5.41) is 30.4. The molecule has 1 rings (SSSR count). The third-order valence-electron chi connectivity index (χ3n) is 2.25. The molecule has 1 aliphatic heterocycles. The fourth-order valence-electron chi connectivity index (χ4n) is 1.47. The van der Waals surface area contributed by atoms with Crippen LogP contribution in [-0.4, -0.2) is 77.6 Å². The van der Waals surface area contributed by atoms with Gasteiger partial charge in [-0.3, -0.25) is 4.79 Å². The molecular formula is C11H24AuNO5PS+. The number of hydrogen-bond acceptors (Lipinski definition) is 6. The SMILES string of the molecule is CC(=O)NC1[C@H]([S-])OC(CO)[C@@H](O)[C@@H]1O.C[PH+](C)C.[Au+]. The molecule has 0 aromatic rings. The van der Waals surface area contributed by atoms with Gasteiger partial charge in [0.25, 0.3) is 0 Å². The zero-order valence-electron chi connectivity index (χ0n) is 12.0. The zero-order chi connectivity index (χ0) is 15.2. The summed E-state index contributed by atoms with van der Waals surface area (Å²) >= 11 is 4.88. The number of aliphatic hydroxyl groups excluding tert-OH is 3. The second-order valence-electron chi connectivity index (χ2n) is 4.93. The molecule has 5 atom stereocenters. The van der Waals surface area contributed by atoms with Gasteiger partial charge in [-0.1, -0.05) is 0 Å². The van der Waals surface area contributed by atoms with E-state index in [4.69, 9.17) is 22.5 Å². The number of nitrogens with one attached hydrogen (secondary N) is 1. The van der Waals surface area contributed by atoms with Crippen LogP contribution < -0.4 is 5.32 Å². The maximum absolute atomic E-state index is 10.8. The summed E-state index contributed by atoms with van der Waals surface area (Å²) < 4.78 is 5.07. The fourth-order valence-corrected chi connectivity index (χ4v) is 1.84. The van der Waals surface area contributed by atoms with E-state index in [2.05, 4.69) is 25.3 Å². The third-order valence-corrected chi connectivity index (χ3v) is 2.66. The maximum atomic E-state index is 10.8. The van der Waals surface area contributed by atoms with Gasteiger partial charge < -0.3 is 38.0 Å². The molecule has 0 spiro atoms. The number of rotatable bonds is 2. The number of carbonyl (C=O) groups is 1. The monoisotopic (exact) mass is 510 g/mol. The third kappa shape index (κ3) is 8.32. The Bertz CT molecular complexity index is 285. The molecule has 6 nitrogen and oxygen atoms in total. The van der Waals surface area contributed by atoms with Gasteiger partial charge in [-0.15, -0.1) is 0 Å². The first kappa shape index (κ1) is 23.1. The molecule has 0 aromatic heterocycles. The number of amides is 1. The summed E-state index contributed by atoms with van der Waals surface area (Å²) in [6.45, 7) is 7.65. The second kappa shape index (κ2) is 11.4. The molecule has 1 saturated heterocycles. The molecular weight excluding hydrogens is 486 g/mol. The van der Waals surface area contributed by atoms with Crippen molar-refractivity contribution in [2.75, 3.05) is 26.6 Å². The topological polar surface area (TPSA) is 99.0 Å². The first-order valence-corrected chi connectivity index (χ1v) is 9.50. The second-order valence-corrected chi connectivity index (χ2v) is 8.40. The van der Waals surface area contributed by atoms with Crippen LogP contribution in [0.4, 0.5) is 0 Å². The van der Waals surface area contributed by atoms with Crippen molar-refractivity contribution in [3.05, 3.63) is 0 Å². The van der Waals surface area contributed by atoms with Crippen molar-refractivity contribution in [3.63, 3.8) is 0 Å². The smallest absolute Gasteiger partial charge is 0.759 e. The van der Waals surface area contributed by atoms with E-state index in [1.807, 2.05) is 0 Å². The van der Waals surface area contributed by atoms with Gasteiger partial charge in [0.15, 0.2) is 0 Å². The molecule has 2 unspecified atom stereocenters. The summed E-state index contributed by atoms with van der Waals surface area (Å²) in [5.41, 5.74) is -0.871. The van der Waals surface area contributed by atoms with E-state index in [-0.39, 0.29) is 36.2 Å². The summed E-state index contributed by atoms with van der Waals surface area (Å²) in [5.74, 6) is -0.368. The number of carbonyl (C=O) groups excluding carboxylic acids is 1. The average molecular weight is 510 g/mol. The minimum atomic E-state index is -1.26. The van der Waals surface area contributed by atoms with Crippen LogP contribution in [0.1, 0.15) is 6.92 Å². The summed E-state index contributed by atoms with van der Waals surface area (Å²) in [4.78, 5) is 10.8. The predicted molar refractivity (Wildman–Crippen MR) is 78.8 cm³/mol. The molecule has 20 heavy (non-hydrogen) atoms. The van der Waals surface area contributed by atoms with E-state index in [1.165, 1.54) is 6.92 Å². The quantitative estimate of drug-likeness (QED) is 0.207. The van der Waals surface area contributed by atoms with Crippen molar-refractivity contribution in [2.24, 2.45) is 0 Å². The van der Waals surface area contributed by atoms with Crippen molar-refractivity contribution < 1.29 is 47.2 Å². The Morgan fingerprint density at radius 1 is 1.30 bits per heavy atom. The largest absolute Gasteiger partial charge is 1.00 e. The van der Waals surface area contributed by atoms with E-state index in [0.717, 1.165) is 0 Å². The van der Waals surface area contributed by atoms with Crippen molar-refractivity contribution in [1.82, 2.24) is 5.32 Å². The number of ether oxygens (including phenoxy) is 1. The van der Waals surface area contributed by atoms with Crippen LogP contribution in [-0.2, 0) is 44.5 Å². The summed E-state index contributed by atoms with van der Waals surface area (Å²) in [6, 6.07) is -0.838. The van der Waals surface area contributed by atoms with Gasteiger partial charge in [-0.05, 0) is 13.4 Å². The standard InChI is InChI=1S/C8H15NO5S.C3H9P.Au/c1-3(11)9-5-7(13)6(12)4(2-10)14-8(5)15;1-4(2)3;/h4-8,10,12-13,15H,2H2,1H3,(H,9,11);1-3H3;/q;;+1/t4?,5?,6-,7-,8+;;/m1../s1. The maximum Gasteiger partial charge on any atom is 1.00 e. The van der Waals surface area contributed by atoms with Crippen molar-refractivity contribution >= 4 is 26.5 Å². The Morgan fingerprint density at radius 2 is 1.75 bits per heavy atom. The van der Waals surface area contributed by atoms with Crippen LogP contribution in [0, 0.1) is 0 Å². The molecule has 1 aliphatic rings. The van der Waals surface area contributed by atoms with Gasteiger partial charge in [0.05, 0.1) is 12.6 Å². The molecule has 0 saturated carbocycles. The van der Waals surface area contributed by atoms with Crippen molar-refractivity contribution in [1.29, 1.82) is 0 Å². The first-order chi connectivity index (χ1) is 8.70. The number of aliphatic hydroxyl groups is 3. The van der Waals surface area contributed by atoms with Crippen LogP contribution >= 0.6 is 7.92 Å². The van der Waals surface area contributed by atoms with Crippen LogP contribution in [0.3, 0.4) is 0 Å². The van der Waals surface area contributed by atoms with Gasteiger partial charge in [-0.2, -0.15) is 0 Å². The van der Waals surface area contributed by atoms with Gasteiger partial charge >= 0.3 is 22.4 Å². The molecule has 0 aliphatic carbocycles. The minimum absolute atomic E-state index is 0. The molecule has 1 amide bonds. The molecule has 124 valence electrons. The Hall–Kier alpha value is 0.830. The molecule has 0 aromatic carbocycles. The Balaban J connectivity index is 0. The Kier molecular flexibility index (Phi) is 13.2. The molecule has 0 radical (unpaired) electrons. The van der Waals surface area contributed by atoms with Crippen molar-refractivity contribution in [2.45, 2.75) is 36.7 Å². The van der Waals surface area contributed by atoms with Gasteiger partial charge in [0.2, 0.25) is 5.91 Å². The summed E-state index contributed by atoms with van der Waals surface area (Å²) in [7, 11) is 0.120. The van der Waals surface area contributed by atoms with Gasteiger partial charge in [0.1, 0.15) is 18.3 Å². The van der Waals surface area contributed by atoms with Crippen molar-refractivity contribution in [3.8, 4) is 0 Å². The van der Waals surface area contributed by atoms with Gasteiger partial charge in [-0.25, -0.2) is 0 Å². The first-order valence-electron chi connectivity index (χ1n) is 6.02. The zero-order valence-corrected chi connectivity index (χ0v) is 15.9. The van der Waals surface area contributed by atoms with E-state index in [1.54, 1.807) is 0 Å². The summed E-state index contributed by atoms with van der Waals surface area (Å²) in [6.07, 6.45) is -3.40. The Labute approximate surface area is 142 Å². The molecule has 9 heteroatoms. The molecule has 0 bridgehead atoms. The Morgan fingerprint density at radius 3 is 2.10 bits per heavy atom. The van der Waals surface area contributed by atoms with Crippen LogP contribution in [0.5, 0.6) is 0 Å². The molecule has 1 fully saturated rings. The fraction of sp³-hybridized carbons (Fsp3) is 0.909. The van der Waals surface area contributed by atoms with E-state index >= 15 is 0 Å².